The lowest BCUT2D eigenvalue weighted by atomic mass is 9.91. The van der Waals surface area contributed by atoms with E-state index in [0.717, 1.165) is 36.2 Å². The number of benzene rings is 1. The van der Waals surface area contributed by atoms with Crippen LogP contribution in [0.3, 0.4) is 0 Å². The highest BCUT2D eigenvalue weighted by atomic mass is 32.2. The number of piperidine rings is 1. The Hall–Kier alpha value is -3.31. The van der Waals surface area contributed by atoms with Gasteiger partial charge in [0, 0.05) is 50.7 Å². The third kappa shape index (κ3) is 4.85. The SMILES string of the molecule is O=C(NCC1CCN(S(=O)(=O)c2cccnc2)CC1)C(=O)Nc1cc2c3c(c1)CCC(=O)N3CCC2. The second-order valence-corrected chi connectivity index (χ2v) is 11.4. The van der Waals surface area contributed by atoms with Gasteiger partial charge in [-0.25, -0.2) is 8.42 Å². The molecule has 2 N–H and O–H groups in total. The third-order valence-corrected chi connectivity index (χ3v) is 9.02. The van der Waals surface area contributed by atoms with E-state index in [9.17, 15) is 22.8 Å². The fourth-order valence-corrected chi connectivity index (χ4v) is 6.67. The fourth-order valence-electron chi connectivity index (χ4n) is 5.23. The normalized spacial score (nSPS) is 18.4. The van der Waals surface area contributed by atoms with Crippen LogP contribution in [0.25, 0.3) is 0 Å². The van der Waals surface area contributed by atoms with Crippen LogP contribution >= 0.6 is 0 Å². The molecule has 190 valence electrons. The zero-order chi connectivity index (χ0) is 25.3. The Morgan fingerprint density at radius 2 is 1.78 bits per heavy atom. The van der Waals surface area contributed by atoms with Crippen molar-refractivity contribution in [2.45, 2.75) is 43.4 Å². The van der Waals surface area contributed by atoms with E-state index in [1.54, 1.807) is 6.07 Å². The summed E-state index contributed by atoms with van der Waals surface area (Å²) in [5.41, 5.74) is 3.58. The van der Waals surface area contributed by atoms with Crippen LogP contribution in [0.5, 0.6) is 0 Å². The van der Waals surface area contributed by atoms with Gasteiger partial charge in [0.05, 0.1) is 5.69 Å². The van der Waals surface area contributed by atoms with Crippen LogP contribution in [0.4, 0.5) is 11.4 Å². The van der Waals surface area contributed by atoms with Crippen molar-refractivity contribution in [1.82, 2.24) is 14.6 Å². The monoisotopic (exact) mass is 511 g/mol. The lowest BCUT2D eigenvalue weighted by molar-refractivity contribution is -0.136. The number of hydrogen-bond acceptors (Lipinski definition) is 6. The summed E-state index contributed by atoms with van der Waals surface area (Å²) in [6.45, 7) is 1.73. The number of sulfonamides is 1. The lowest BCUT2D eigenvalue weighted by Crippen LogP contribution is -2.43. The molecule has 11 heteroatoms. The first kappa shape index (κ1) is 24.4. The van der Waals surface area contributed by atoms with Crippen molar-refractivity contribution in [3.05, 3.63) is 47.8 Å². The van der Waals surface area contributed by atoms with E-state index >= 15 is 0 Å². The summed E-state index contributed by atoms with van der Waals surface area (Å²) >= 11 is 0. The van der Waals surface area contributed by atoms with Gasteiger partial charge in [-0.3, -0.25) is 19.4 Å². The molecule has 1 aromatic heterocycles. The maximum atomic E-state index is 12.7. The Morgan fingerprint density at radius 3 is 2.50 bits per heavy atom. The summed E-state index contributed by atoms with van der Waals surface area (Å²) in [4.78, 5) is 43.1. The molecule has 3 aliphatic heterocycles. The Kier molecular flexibility index (Phi) is 6.76. The molecule has 36 heavy (non-hydrogen) atoms. The number of hydrogen-bond donors (Lipinski definition) is 2. The number of rotatable bonds is 5. The van der Waals surface area contributed by atoms with Gasteiger partial charge in [-0.15, -0.1) is 0 Å². The molecule has 2 aromatic rings. The minimum Gasteiger partial charge on any atom is -0.348 e. The van der Waals surface area contributed by atoms with Crippen molar-refractivity contribution in [1.29, 1.82) is 0 Å². The van der Waals surface area contributed by atoms with E-state index in [2.05, 4.69) is 15.6 Å². The maximum Gasteiger partial charge on any atom is 0.313 e. The topological polar surface area (TPSA) is 129 Å². The van der Waals surface area contributed by atoms with Crippen molar-refractivity contribution in [2.75, 3.05) is 36.4 Å². The Labute approximate surface area is 210 Å². The number of nitrogens with one attached hydrogen (secondary N) is 2. The first-order chi connectivity index (χ1) is 17.3. The molecule has 0 saturated carbocycles. The van der Waals surface area contributed by atoms with E-state index in [1.807, 2.05) is 17.0 Å². The first-order valence-corrected chi connectivity index (χ1v) is 13.7. The maximum absolute atomic E-state index is 12.7. The first-order valence-electron chi connectivity index (χ1n) is 12.3. The largest absolute Gasteiger partial charge is 0.348 e. The number of amides is 3. The van der Waals surface area contributed by atoms with Gasteiger partial charge in [0.2, 0.25) is 15.9 Å². The quantitative estimate of drug-likeness (QED) is 0.585. The molecule has 1 aromatic carbocycles. The van der Waals surface area contributed by atoms with Gasteiger partial charge in [0.25, 0.3) is 0 Å². The second kappa shape index (κ2) is 9.98. The fraction of sp³-hybridized carbons (Fsp3) is 0.440. The minimum absolute atomic E-state index is 0.0822. The molecule has 4 heterocycles. The predicted molar refractivity (Wildman–Crippen MR) is 133 cm³/mol. The van der Waals surface area contributed by atoms with E-state index in [0.29, 0.717) is 51.0 Å². The highest BCUT2D eigenvalue weighted by Gasteiger charge is 2.31. The number of nitrogens with zero attached hydrogens (tertiary/aromatic N) is 3. The Bertz CT molecular complexity index is 1270. The summed E-state index contributed by atoms with van der Waals surface area (Å²) < 4.78 is 26.9. The number of aromatic nitrogens is 1. The summed E-state index contributed by atoms with van der Waals surface area (Å²) in [5.74, 6) is -1.24. The van der Waals surface area contributed by atoms with Gasteiger partial charge in [-0.2, -0.15) is 4.31 Å². The van der Waals surface area contributed by atoms with Crippen molar-refractivity contribution < 1.29 is 22.8 Å². The van der Waals surface area contributed by atoms with Crippen LogP contribution in [-0.2, 0) is 37.2 Å². The van der Waals surface area contributed by atoms with E-state index < -0.39 is 21.8 Å². The molecular weight excluding hydrogens is 482 g/mol. The summed E-state index contributed by atoms with van der Waals surface area (Å²) in [5, 5.41) is 5.39. The molecule has 0 aliphatic carbocycles. The molecule has 3 amide bonds. The summed E-state index contributed by atoms with van der Waals surface area (Å²) in [6.07, 6.45) is 6.83. The number of carbonyl (C=O) groups is 3. The molecule has 0 radical (unpaired) electrons. The zero-order valence-electron chi connectivity index (χ0n) is 19.9. The second-order valence-electron chi connectivity index (χ2n) is 9.49. The van der Waals surface area contributed by atoms with Gasteiger partial charge >= 0.3 is 11.8 Å². The van der Waals surface area contributed by atoms with E-state index in [4.69, 9.17) is 0 Å². The molecule has 0 spiro atoms. The van der Waals surface area contributed by atoms with E-state index in [1.165, 1.54) is 22.8 Å². The molecule has 5 rings (SSSR count). The van der Waals surface area contributed by atoms with Crippen LogP contribution in [-0.4, -0.2) is 61.6 Å². The molecule has 1 fully saturated rings. The van der Waals surface area contributed by atoms with Crippen molar-refractivity contribution in [2.24, 2.45) is 5.92 Å². The van der Waals surface area contributed by atoms with Crippen molar-refractivity contribution in [3.8, 4) is 0 Å². The van der Waals surface area contributed by atoms with Gasteiger partial charge in [0.1, 0.15) is 4.90 Å². The van der Waals surface area contributed by atoms with Crippen LogP contribution in [0, 0.1) is 5.92 Å². The zero-order valence-corrected chi connectivity index (χ0v) is 20.7. The van der Waals surface area contributed by atoms with Gasteiger partial charge in [-0.1, -0.05) is 0 Å². The molecule has 0 bridgehead atoms. The molecule has 3 aliphatic rings. The van der Waals surface area contributed by atoms with Crippen molar-refractivity contribution >= 4 is 39.1 Å². The average Bonchev–Trinajstić information content (AvgIpc) is 2.90. The van der Waals surface area contributed by atoms with Crippen LogP contribution in [0.15, 0.2) is 41.6 Å². The van der Waals surface area contributed by atoms with Gasteiger partial charge in [0.15, 0.2) is 0 Å². The predicted octanol–water partition coefficient (Wildman–Crippen LogP) is 1.46. The highest BCUT2D eigenvalue weighted by molar-refractivity contribution is 7.89. The summed E-state index contributed by atoms with van der Waals surface area (Å²) in [6, 6.07) is 6.83. The van der Waals surface area contributed by atoms with Gasteiger partial charge in [-0.05, 0) is 73.4 Å². The minimum atomic E-state index is -3.58. The third-order valence-electron chi connectivity index (χ3n) is 7.14. The summed E-state index contributed by atoms with van der Waals surface area (Å²) in [7, 11) is -3.58. The Balaban J connectivity index is 1.13. The lowest BCUT2D eigenvalue weighted by Gasteiger charge is -2.35. The molecule has 10 nitrogen and oxygen atoms in total. The van der Waals surface area contributed by atoms with Crippen LogP contribution in [0.1, 0.15) is 36.8 Å². The highest BCUT2D eigenvalue weighted by Crippen LogP contribution is 2.37. The number of anilines is 2. The standard InChI is InChI=1S/C25H29N5O5S/c31-22-6-5-19-14-20(13-18-3-2-10-30(22)23(18)19)28-25(33)24(32)27-15-17-7-11-29(12-8-17)36(34,35)21-4-1-9-26-16-21/h1,4,9,13-14,16-17H,2-3,5-8,10-12,15H2,(H,27,32)(H,28,33). The van der Waals surface area contributed by atoms with Gasteiger partial charge < -0.3 is 15.5 Å². The smallest absolute Gasteiger partial charge is 0.313 e. The molecular formula is C25H29N5O5S. The van der Waals surface area contributed by atoms with Crippen LogP contribution in [0.2, 0.25) is 0 Å². The van der Waals surface area contributed by atoms with Crippen molar-refractivity contribution in [3.63, 3.8) is 0 Å². The molecule has 1 saturated heterocycles. The van der Waals surface area contributed by atoms with E-state index in [-0.39, 0.29) is 16.7 Å². The Morgan fingerprint density at radius 1 is 1.03 bits per heavy atom. The number of aryl methyl sites for hydroxylation is 2. The number of carbonyl (C=O) groups excluding carboxylic acids is 3. The number of pyridine rings is 1. The van der Waals surface area contributed by atoms with Crippen LogP contribution < -0.4 is 15.5 Å². The average molecular weight is 512 g/mol. The molecule has 0 atom stereocenters. The molecule has 0 unspecified atom stereocenters.